The van der Waals surface area contributed by atoms with Crippen LogP contribution in [0.5, 0.6) is 5.75 Å². The van der Waals surface area contributed by atoms with Crippen LogP contribution < -0.4 is 9.64 Å². The zero-order valence-corrected chi connectivity index (χ0v) is 12.7. The first-order valence-electron chi connectivity index (χ1n) is 6.68. The first-order valence-corrected chi connectivity index (χ1v) is 7.05. The molecule has 0 aliphatic carbocycles. The van der Waals surface area contributed by atoms with E-state index in [1.54, 1.807) is 12.1 Å². The Morgan fingerprint density at radius 1 is 1.13 bits per heavy atom. The highest BCUT2D eigenvalue weighted by molar-refractivity contribution is 6.31. The Hall–Kier alpha value is -2.21. The Morgan fingerprint density at radius 2 is 1.87 bits per heavy atom. The molecular weight excluding hydrogens is 331 g/mol. The summed E-state index contributed by atoms with van der Waals surface area (Å²) in [6, 6.07) is 7.92. The molecule has 1 heterocycles. The first-order chi connectivity index (χ1) is 10.8. The maximum atomic E-state index is 12.9. The van der Waals surface area contributed by atoms with Gasteiger partial charge in [-0.1, -0.05) is 17.7 Å². The van der Waals surface area contributed by atoms with E-state index in [1.807, 2.05) is 0 Å². The Balaban J connectivity index is 2.17. The third-order valence-corrected chi connectivity index (χ3v) is 3.86. The van der Waals surface area contributed by atoms with Crippen molar-refractivity contribution in [1.29, 1.82) is 0 Å². The van der Waals surface area contributed by atoms with Gasteiger partial charge in [0.05, 0.1) is 30.5 Å². The summed E-state index contributed by atoms with van der Waals surface area (Å²) in [7, 11) is 1.42. The second-order valence-corrected chi connectivity index (χ2v) is 5.50. The van der Waals surface area contributed by atoms with E-state index in [-0.39, 0.29) is 18.0 Å². The van der Waals surface area contributed by atoms with Gasteiger partial charge in [0.25, 0.3) is 0 Å². The number of hydrogen-bond acceptors (Lipinski definition) is 2. The molecular formula is C16H11ClF3NO2. The van der Waals surface area contributed by atoms with Gasteiger partial charge in [-0.15, -0.1) is 0 Å². The molecule has 7 heteroatoms. The number of carbonyl (C=O) groups is 1. The first kappa shape index (κ1) is 15.7. The van der Waals surface area contributed by atoms with E-state index < -0.39 is 11.7 Å². The maximum absolute atomic E-state index is 12.9. The van der Waals surface area contributed by atoms with E-state index in [0.717, 1.165) is 12.1 Å². The topological polar surface area (TPSA) is 29.5 Å². The summed E-state index contributed by atoms with van der Waals surface area (Å²) >= 11 is 5.96. The number of fused-ring (bicyclic) bond motifs is 1. The number of methoxy groups -OCH3 is 1. The highest BCUT2D eigenvalue weighted by Crippen LogP contribution is 2.43. The minimum absolute atomic E-state index is 0.0309. The van der Waals surface area contributed by atoms with Gasteiger partial charge >= 0.3 is 6.18 Å². The predicted molar refractivity (Wildman–Crippen MR) is 80.3 cm³/mol. The molecule has 0 N–H and O–H groups in total. The number of benzene rings is 2. The normalized spacial score (nSPS) is 14.1. The molecule has 23 heavy (non-hydrogen) atoms. The van der Waals surface area contributed by atoms with E-state index in [1.165, 1.54) is 24.1 Å². The van der Waals surface area contributed by atoms with Crippen LogP contribution in [0.15, 0.2) is 36.4 Å². The van der Waals surface area contributed by atoms with Gasteiger partial charge in [0.1, 0.15) is 5.75 Å². The fraction of sp³-hybridized carbons (Fsp3) is 0.188. The summed E-state index contributed by atoms with van der Waals surface area (Å²) in [5.74, 6) is 0.0212. The molecule has 0 aromatic heterocycles. The maximum Gasteiger partial charge on any atom is 0.416 e. The Labute approximate surface area is 135 Å². The molecule has 0 bridgehead atoms. The molecule has 0 spiro atoms. The number of alkyl halides is 3. The van der Waals surface area contributed by atoms with E-state index in [9.17, 15) is 18.0 Å². The Morgan fingerprint density at radius 3 is 2.52 bits per heavy atom. The van der Waals surface area contributed by atoms with Crippen molar-refractivity contribution < 1.29 is 22.7 Å². The number of amides is 1. The van der Waals surface area contributed by atoms with Gasteiger partial charge in [0, 0.05) is 5.02 Å². The van der Waals surface area contributed by atoms with Crippen molar-refractivity contribution in [2.75, 3.05) is 12.0 Å². The third kappa shape index (κ3) is 2.74. The second-order valence-electron chi connectivity index (χ2n) is 5.06. The van der Waals surface area contributed by atoms with Gasteiger partial charge in [-0.05, 0) is 35.9 Å². The average molecular weight is 342 g/mol. The highest BCUT2D eigenvalue weighted by atomic mass is 35.5. The SMILES string of the molecule is COc1ccc(Cl)cc1N1C(=O)Cc2ccc(C(F)(F)F)cc21. The van der Waals surface area contributed by atoms with E-state index in [2.05, 4.69) is 0 Å². The van der Waals surface area contributed by atoms with Gasteiger partial charge in [-0.2, -0.15) is 13.2 Å². The zero-order chi connectivity index (χ0) is 16.8. The summed E-state index contributed by atoms with van der Waals surface area (Å²) in [5, 5.41) is 0.356. The molecule has 3 nitrogen and oxygen atoms in total. The zero-order valence-electron chi connectivity index (χ0n) is 11.9. The number of carbonyl (C=O) groups excluding carboxylic acids is 1. The van der Waals surface area contributed by atoms with E-state index in [4.69, 9.17) is 16.3 Å². The lowest BCUT2D eigenvalue weighted by atomic mass is 10.1. The number of rotatable bonds is 2. The molecule has 0 unspecified atom stereocenters. The van der Waals surface area contributed by atoms with Gasteiger partial charge in [0.15, 0.2) is 0 Å². The van der Waals surface area contributed by atoms with Gasteiger partial charge in [-0.3, -0.25) is 9.69 Å². The van der Waals surface area contributed by atoms with Crippen LogP contribution in [0.25, 0.3) is 0 Å². The lowest BCUT2D eigenvalue weighted by molar-refractivity contribution is -0.137. The summed E-state index contributed by atoms with van der Waals surface area (Å²) in [4.78, 5) is 13.5. The Bertz CT molecular complexity index is 789. The van der Waals surface area contributed by atoms with Crippen LogP contribution in [0.3, 0.4) is 0 Å². The van der Waals surface area contributed by atoms with Crippen molar-refractivity contribution in [2.45, 2.75) is 12.6 Å². The molecule has 0 radical (unpaired) electrons. The standard InChI is InChI=1S/C16H11ClF3NO2/c1-23-14-5-4-11(17)8-13(14)21-12-7-10(16(18,19)20)3-2-9(12)6-15(21)22/h2-5,7-8H,6H2,1H3. The van der Waals surface area contributed by atoms with Crippen LogP contribution in [0.2, 0.25) is 5.02 Å². The number of halogens is 4. The van der Waals surface area contributed by atoms with Crippen LogP contribution in [-0.4, -0.2) is 13.0 Å². The largest absolute Gasteiger partial charge is 0.495 e. The van der Waals surface area contributed by atoms with E-state index in [0.29, 0.717) is 22.0 Å². The quantitative estimate of drug-likeness (QED) is 0.799. The molecule has 0 atom stereocenters. The predicted octanol–water partition coefficient (Wildman–Crippen LogP) is 4.59. The van der Waals surface area contributed by atoms with Gasteiger partial charge in [-0.25, -0.2) is 0 Å². The summed E-state index contributed by atoms with van der Waals surface area (Å²) in [5.41, 5.74) is 0.246. The molecule has 3 rings (SSSR count). The van der Waals surface area contributed by atoms with Crippen LogP contribution in [-0.2, 0) is 17.4 Å². The van der Waals surface area contributed by atoms with Crippen molar-refractivity contribution in [3.8, 4) is 5.75 Å². The van der Waals surface area contributed by atoms with Crippen molar-refractivity contribution in [1.82, 2.24) is 0 Å². The van der Waals surface area contributed by atoms with Crippen LogP contribution >= 0.6 is 11.6 Å². The fourth-order valence-electron chi connectivity index (χ4n) is 2.58. The molecule has 2 aromatic carbocycles. The van der Waals surface area contributed by atoms with Crippen LogP contribution in [0, 0.1) is 0 Å². The number of hydrogen-bond donors (Lipinski definition) is 0. The number of anilines is 2. The van der Waals surface area contributed by atoms with Gasteiger partial charge < -0.3 is 4.74 Å². The van der Waals surface area contributed by atoms with Gasteiger partial charge in [0.2, 0.25) is 5.91 Å². The number of nitrogens with zero attached hydrogens (tertiary/aromatic N) is 1. The fourth-order valence-corrected chi connectivity index (χ4v) is 2.74. The highest BCUT2D eigenvalue weighted by Gasteiger charge is 2.36. The minimum atomic E-state index is -4.48. The van der Waals surface area contributed by atoms with Crippen molar-refractivity contribution >= 4 is 28.9 Å². The smallest absolute Gasteiger partial charge is 0.416 e. The summed E-state index contributed by atoms with van der Waals surface area (Å²) < 4.78 is 44.0. The summed E-state index contributed by atoms with van der Waals surface area (Å²) in [6.07, 6.45) is -4.45. The molecule has 1 amide bonds. The van der Waals surface area contributed by atoms with Crippen LogP contribution in [0.4, 0.5) is 24.5 Å². The molecule has 0 saturated heterocycles. The van der Waals surface area contributed by atoms with Crippen molar-refractivity contribution in [3.63, 3.8) is 0 Å². The minimum Gasteiger partial charge on any atom is -0.495 e. The van der Waals surface area contributed by atoms with Crippen LogP contribution in [0.1, 0.15) is 11.1 Å². The molecule has 120 valence electrons. The van der Waals surface area contributed by atoms with Crippen molar-refractivity contribution in [3.05, 3.63) is 52.5 Å². The Kier molecular flexibility index (Phi) is 3.72. The molecule has 1 aliphatic rings. The molecule has 0 fully saturated rings. The summed E-state index contributed by atoms with van der Waals surface area (Å²) in [6.45, 7) is 0. The molecule has 1 aliphatic heterocycles. The second kappa shape index (κ2) is 5.45. The monoisotopic (exact) mass is 341 g/mol. The van der Waals surface area contributed by atoms with Crippen molar-refractivity contribution in [2.24, 2.45) is 0 Å². The third-order valence-electron chi connectivity index (χ3n) is 3.63. The van der Waals surface area contributed by atoms with E-state index >= 15 is 0 Å². The lowest BCUT2D eigenvalue weighted by Gasteiger charge is -2.21. The lowest BCUT2D eigenvalue weighted by Crippen LogP contribution is -2.21. The molecule has 0 saturated carbocycles. The average Bonchev–Trinajstić information content (AvgIpc) is 2.81. The number of ether oxygens (including phenoxy) is 1. The molecule has 2 aromatic rings.